The number of benzene rings is 1. The lowest BCUT2D eigenvalue weighted by Gasteiger charge is -2.10. The highest BCUT2D eigenvalue weighted by molar-refractivity contribution is 5.64. The van der Waals surface area contributed by atoms with Gasteiger partial charge in [-0.25, -0.2) is 4.79 Å². The van der Waals surface area contributed by atoms with Crippen molar-refractivity contribution in [3.63, 3.8) is 0 Å². The molecule has 1 aromatic carbocycles. The molecule has 4 nitrogen and oxygen atoms in total. The third-order valence-corrected chi connectivity index (χ3v) is 2.34. The molecule has 1 rings (SSSR count). The van der Waals surface area contributed by atoms with Crippen LogP contribution in [0.15, 0.2) is 12.1 Å². The van der Waals surface area contributed by atoms with Crippen molar-refractivity contribution in [2.75, 3.05) is 0 Å². The number of rotatable bonds is 4. The summed E-state index contributed by atoms with van der Waals surface area (Å²) in [6.07, 6.45) is 0.946. The summed E-state index contributed by atoms with van der Waals surface area (Å²) < 4.78 is 4.54. The lowest BCUT2D eigenvalue weighted by Crippen LogP contribution is -2.04. The normalized spacial score (nSPS) is 10.1. The standard InChI is InChI=1S/C12H16O4/c1-3-5-9-6-8(4-2)7-10(11(9)13)16-12(14)15/h6-7,13H,3-5H2,1-2H3,(H,14,15). The average molecular weight is 224 g/mol. The van der Waals surface area contributed by atoms with Crippen LogP contribution in [0.25, 0.3) is 0 Å². The Labute approximate surface area is 94.5 Å². The number of hydrogen-bond donors (Lipinski definition) is 2. The van der Waals surface area contributed by atoms with Gasteiger partial charge in [-0.15, -0.1) is 0 Å². The van der Waals surface area contributed by atoms with E-state index in [9.17, 15) is 9.90 Å². The minimum absolute atomic E-state index is 0.0234. The summed E-state index contributed by atoms with van der Waals surface area (Å²) in [5.41, 5.74) is 1.69. The summed E-state index contributed by atoms with van der Waals surface area (Å²) in [5.74, 6) is -0.0447. The monoisotopic (exact) mass is 224 g/mol. The molecule has 0 radical (unpaired) electrons. The molecule has 0 aliphatic heterocycles. The van der Waals surface area contributed by atoms with Crippen molar-refractivity contribution in [2.45, 2.75) is 33.1 Å². The van der Waals surface area contributed by atoms with Crippen molar-refractivity contribution >= 4 is 6.16 Å². The Kier molecular flexibility index (Phi) is 4.17. The van der Waals surface area contributed by atoms with E-state index in [1.54, 1.807) is 6.07 Å². The van der Waals surface area contributed by atoms with Gasteiger partial charge in [0.05, 0.1) is 0 Å². The first-order valence-electron chi connectivity index (χ1n) is 5.34. The number of carboxylic acid groups (broad SMARTS) is 1. The minimum atomic E-state index is -1.41. The van der Waals surface area contributed by atoms with E-state index in [4.69, 9.17) is 5.11 Å². The van der Waals surface area contributed by atoms with Gasteiger partial charge in [0.25, 0.3) is 0 Å². The van der Waals surface area contributed by atoms with Crippen LogP contribution in [0.1, 0.15) is 31.4 Å². The van der Waals surface area contributed by atoms with Crippen LogP contribution in [-0.2, 0) is 12.8 Å². The van der Waals surface area contributed by atoms with Crippen LogP contribution in [0.5, 0.6) is 11.5 Å². The van der Waals surface area contributed by atoms with Gasteiger partial charge in [-0.05, 0) is 30.0 Å². The van der Waals surface area contributed by atoms with Crippen molar-refractivity contribution in [2.24, 2.45) is 0 Å². The van der Waals surface area contributed by atoms with Gasteiger partial charge < -0.3 is 14.9 Å². The maximum absolute atomic E-state index is 10.5. The Bertz CT molecular complexity index is 385. The van der Waals surface area contributed by atoms with Crippen molar-refractivity contribution in [1.29, 1.82) is 0 Å². The molecule has 4 heteroatoms. The molecule has 0 saturated carbocycles. The van der Waals surface area contributed by atoms with Crippen LogP contribution in [0, 0.1) is 0 Å². The minimum Gasteiger partial charge on any atom is -0.504 e. The fraction of sp³-hybridized carbons (Fsp3) is 0.417. The summed E-state index contributed by atoms with van der Waals surface area (Å²) in [6.45, 7) is 3.96. The van der Waals surface area contributed by atoms with E-state index in [1.165, 1.54) is 0 Å². The van der Waals surface area contributed by atoms with E-state index in [0.29, 0.717) is 6.42 Å². The van der Waals surface area contributed by atoms with Crippen LogP contribution in [-0.4, -0.2) is 16.4 Å². The Morgan fingerprint density at radius 2 is 2.06 bits per heavy atom. The number of hydrogen-bond acceptors (Lipinski definition) is 3. The summed E-state index contributed by atoms with van der Waals surface area (Å²) >= 11 is 0. The summed E-state index contributed by atoms with van der Waals surface area (Å²) in [4.78, 5) is 10.5. The SMILES string of the molecule is CCCc1cc(CC)cc(OC(=O)O)c1O. The van der Waals surface area contributed by atoms with E-state index in [0.717, 1.165) is 24.0 Å². The molecule has 0 atom stereocenters. The first-order valence-corrected chi connectivity index (χ1v) is 5.34. The zero-order chi connectivity index (χ0) is 12.1. The lowest BCUT2D eigenvalue weighted by atomic mass is 10.0. The van der Waals surface area contributed by atoms with Crippen LogP contribution >= 0.6 is 0 Å². The zero-order valence-electron chi connectivity index (χ0n) is 9.49. The molecule has 2 N–H and O–H groups in total. The van der Waals surface area contributed by atoms with Gasteiger partial charge >= 0.3 is 6.16 Å². The van der Waals surface area contributed by atoms with E-state index in [1.807, 2.05) is 19.9 Å². The van der Waals surface area contributed by atoms with Gasteiger partial charge in [0.1, 0.15) is 0 Å². The summed E-state index contributed by atoms with van der Waals surface area (Å²) in [5, 5.41) is 18.3. The second-order valence-corrected chi connectivity index (χ2v) is 3.57. The fourth-order valence-corrected chi connectivity index (χ4v) is 1.56. The van der Waals surface area contributed by atoms with Crippen LogP contribution in [0.4, 0.5) is 4.79 Å². The molecule has 88 valence electrons. The van der Waals surface area contributed by atoms with Gasteiger partial charge in [0.2, 0.25) is 0 Å². The second kappa shape index (κ2) is 5.39. The van der Waals surface area contributed by atoms with Crippen molar-refractivity contribution < 1.29 is 19.7 Å². The predicted molar refractivity (Wildman–Crippen MR) is 60.1 cm³/mol. The number of aryl methyl sites for hydroxylation is 2. The maximum atomic E-state index is 10.5. The Morgan fingerprint density at radius 3 is 2.56 bits per heavy atom. The largest absolute Gasteiger partial charge is 0.511 e. The molecule has 0 aromatic heterocycles. The Balaban J connectivity index is 3.14. The highest BCUT2D eigenvalue weighted by Gasteiger charge is 2.12. The summed E-state index contributed by atoms with van der Waals surface area (Å²) in [6, 6.07) is 3.44. The van der Waals surface area contributed by atoms with Gasteiger partial charge in [-0.3, -0.25) is 0 Å². The quantitative estimate of drug-likeness (QED) is 0.609. The number of aromatic hydroxyl groups is 1. The molecule has 16 heavy (non-hydrogen) atoms. The topological polar surface area (TPSA) is 66.8 Å². The molecule has 0 spiro atoms. The highest BCUT2D eigenvalue weighted by Crippen LogP contribution is 2.32. The number of phenolic OH excluding ortho intramolecular Hbond substituents is 1. The number of ether oxygens (including phenoxy) is 1. The molecule has 0 aliphatic rings. The third-order valence-electron chi connectivity index (χ3n) is 2.34. The van der Waals surface area contributed by atoms with E-state index < -0.39 is 6.16 Å². The average Bonchev–Trinajstić information content (AvgIpc) is 2.23. The second-order valence-electron chi connectivity index (χ2n) is 3.57. The van der Waals surface area contributed by atoms with Gasteiger partial charge in [-0.1, -0.05) is 26.3 Å². The van der Waals surface area contributed by atoms with Gasteiger partial charge in [-0.2, -0.15) is 0 Å². The van der Waals surface area contributed by atoms with E-state index >= 15 is 0 Å². The van der Waals surface area contributed by atoms with Crippen molar-refractivity contribution in [1.82, 2.24) is 0 Å². The highest BCUT2D eigenvalue weighted by atomic mass is 16.7. The molecule has 0 saturated heterocycles. The molecular formula is C12H16O4. The van der Waals surface area contributed by atoms with E-state index in [-0.39, 0.29) is 11.5 Å². The Morgan fingerprint density at radius 1 is 1.38 bits per heavy atom. The molecule has 0 unspecified atom stereocenters. The smallest absolute Gasteiger partial charge is 0.504 e. The molecule has 0 bridgehead atoms. The lowest BCUT2D eigenvalue weighted by molar-refractivity contribution is 0.142. The van der Waals surface area contributed by atoms with Crippen molar-refractivity contribution in [3.05, 3.63) is 23.3 Å². The predicted octanol–water partition coefficient (Wildman–Crippen LogP) is 2.96. The number of phenols is 1. The Hall–Kier alpha value is -1.71. The molecule has 0 fully saturated rings. The third kappa shape index (κ3) is 2.89. The number of carbonyl (C=O) groups is 1. The fourth-order valence-electron chi connectivity index (χ4n) is 1.56. The summed E-state index contributed by atoms with van der Waals surface area (Å²) in [7, 11) is 0. The molecule has 1 aromatic rings. The van der Waals surface area contributed by atoms with Gasteiger partial charge in [0.15, 0.2) is 11.5 Å². The first-order chi connectivity index (χ1) is 7.58. The maximum Gasteiger partial charge on any atom is 0.511 e. The van der Waals surface area contributed by atoms with Crippen LogP contribution in [0.2, 0.25) is 0 Å². The van der Waals surface area contributed by atoms with Crippen LogP contribution in [0.3, 0.4) is 0 Å². The molecule has 0 aliphatic carbocycles. The molecule has 0 amide bonds. The molecule has 0 heterocycles. The first kappa shape index (κ1) is 12.4. The molecular weight excluding hydrogens is 208 g/mol. The van der Waals surface area contributed by atoms with Crippen LogP contribution < -0.4 is 4.74 Å². The zero-order valence-corrected chi connectivity index (χ0v) is 9.49. The van der Waals surface area contributed by atoms with E-state index in [2.05, 4.69) is 4.74 Å². The van der Waals surface area contributed by atoms with Crippen molar-refractivity contribution in [3.8, 4) is 11.5 Å². The van der Waals surface area contributed by atoms with Gasteiger partial charge in [0, 0.05) is 0 Å².